The first kappa shape index (κ1) is 7.94. The molecule has 0 spiro atoms. The summed E-state index contributed by atoms with van der Waals surface area (Å²) in [7, 11) is 0. The lowest BCUT2D eigenvalue weighted by atomic mass is 10.2. The summed E-state index contributed by atoms with van der Waals surface area (Å²) in [4.78, 5) is 0. The highest BCUT2D eigenvalue weighted by atomic mass is 16.7. The predicted molar refractivity (Wildman–Crippen MR) is 50.8 cm³/mol. The number of nitrogens with one attached hydrogen (secondary N) is 1. The Bertz CT molecular complexity index is 349. The summed E-state index contributed by atoms with van der Waals surface area (Å²) < 4.78 is 15.6. The van der Waals surface area contributed by atoms with E-state index in [1.807, 2.05) is 18.2 Å². The van der Waals surface area contributed by atoms with Gasteiger partial charge in [-0.15, -0.1) is 0 Å². The molecule has 1 N–H and O–H groups in total. The second-order valence-electron chi connectivity index (χ2n) is 3.45. The maximum Gasteiger partial charge on any atom is 0.231 e. The molecule has 4 nitrogen and oxygen atoms in total. The maximum absolute atomic E-state index is 5.28. The normalized spacial score (nSPS) is 19.1. The van der Waals surface area contributed by atoms with Gasteiger partial charge in [0.1, 0.15) is 0 Å². The molecule has 4 heteroatoms. The van der Waals surface area contributed by atoms with E-state index in [1.54, 1.807) is 0 Å². The highest BCUT2D eigenvalue weighted by Crippen LogP contribution is 2.34. The first-order chi connectivity index (χ1) is 6.92. The molecule has 1 aromatic carbocycles. The van der Waals surface area contributed by atoms with Crippen LogP contribution < -0.4 is 14.8 Å². The molecule has 0 aromatic heterocycles. The standard InChI is InChI=1S/C10H11NO3/c1-2-9-10(14-6-13-9)3-7(1)11-8-4-12-5-8/h1-3,8,11H,4-6H2. The maximum atomic E-state index is 5.28. The minimum atomic E-state index is 0.325. The van der Waals surface area contributed by atoms with Gasteiger partial charge in [-0.1, -0.05) is 0 Å². The molecule has 2 aliphatic rings. The summed E-state index contributed by atoms with van der Waals surface area (Å²) >= 11 is 0. The van der Waals surface area contributed by atoms with Crippen LogP contribution in [0.4, 0.5) is 5.69 Å². The van der Waals surface area contributed by atoms with Crippen molar-refractivity contribution in [3.8, 4) is 11.5 Å². The van der Waals surface area contributed by atoms with Gasteiger partial charge >= 0.3 is 0 Å². The molecule has 1 aromatic rings. The van der Waals surface area contributed by atoms with Gasteiger partial charge in [0, 0.05) is 11.8 Å². The average molecular weight is 193 g/mol. The Morgan fingerprint density at radius 1 is 1.14 bits per heavy atom. The monoisotopic (exact) mass is 193 g/mol. The van der Waals surface area contributed by atoms with Gasteiger partial charge in [-0.3, -0.25) is 0 Å². The van der Waals surface area contributed by atoms with E-state index < -0.39 is 0 Å². The molecule has 2 heterocycles. The molecule has 0 amide bonds. The number of hydrogen-bond acceptors (Lipinski definition) is 4. The van der Waals surface area contributed by atoms with Gasteiger partial charge in [0.25, 0.3) is 0 Å². The van der Waals surface area contributed by atoms with E-state index in [9.17, 15) is 0 Å². The van der Waals surface area contributed by atoms with E-state index in [4.69, 9.17) is 14.2 Å². The highest BCUT2D eigenvalue weighted by molar-refractivity contribution is 5.56. The van der Waals surface area contributed by atoms with Crippen LogP contribution in [-0.2, 0) is 4.74 Å². The molecule has 1 fully saturated rings. The molecule has 0 radical (unpaired) electrons. The van der Waals surface area contributed by atoms with E-state index in [0.717, 1.165) is 30.4 Å². The molecule has 74 valence electrons. The van der Waals surface area contributed by atoms with E-state index in [2.05, 4.69) is 5.32 Å². The quantitative estimate of drug-likeness (QED) is 0.766. The Balaban J connectivity index is 1.78. The Morgan fingerprint density at radius 3 is 2.79 bits per heavy atom. The zero-order chi connectivity index (χ0) is 9.38. The van der Waals surface area contributed by atoms with Gasteiger partial charge in [0.05, 0.1) is 19.3 Å². The summed E-state index contributed by atoms with van der Waals surface area (Å²) in [6.07, 6.45) is 0. The fourth-order valence-corrected chi connectivity index (χ4v) is 1.54. The van der Waals surface area contributed by atoms with Crippen molar-refractivity contribution in [1.29, 1.82) is 0 Å². The number of hydrogen-bond donors (Lipinski definition) is 1. The molecule has 14 heavy (non-hydrogen) atoms. The van der Waals surface area contributed by atoms with Crippen molar-refractivity contribution in [3.63, 3.8) is 0 Å². The predicted octanol–water partition coefficient (Wildman–Crippen LogP) is 1.23. The van der Waals surface area contributed by atoms with Crippen molar-refractivity contribution < 1.29 is 14.2 Å². The molecule has 0 atom stereocenters. The van der Waals surface area contributed by atoms with Crippen molar-refractivity contribution in [1.82, 2.24) is 0 Å². The van der Waals surface area contributed by atoms with E-state index in [1.165, 1.54) is 0 Å². The zero-order valence-corrected chi connectivity index (χ0v) is 7.66. The minimum Gasteiger partial charge on any atom is -0.454 e. The number of ether oxygens (including phenoxy) is 3. The lowest BCUT2D eigenvalue weighted by molar-refractivity contribution is 0.0211. The number of fused-ring (bicyclic) bond motifs is 1. The third-order valence-electron chi connectivity index (χ3n) is 2.38. The largest absolute Gasteiger partial charge is 0.454 e. The van der Waals surface area contributed by atoms with Gasteiger partial charge in [-0.2, -0.15) is 0 Å². The Hall–Kier alpha value is -1.42. The second kappa shape index (κ2) is 3.06. The Kier molecular flexibility index (Phi) is 1.73. The van der Waals surface area contributed by atoms with Crippen LogP contribution in [0.25, 0.3) is 0 Å². The number of benzene rings is 1. The smallest absolute Gasteiger partial charge is 0.231 e. The number of anilines is 1. The molecule has 2 aliphatic heterocycles. The lowest BCUT2D eigenvalue weighted by Gasteiger charge is -2.27. The van der Waals surface area contributed by atoms with Crippen LogP contribution in [0.2, 0.25) is 0 Å². The van der Waals surface area contributed by atoms with Gasteiger partial charge in [0.15, 0.2) is 11.5 Å². The van der Waals surface area contributed by atoms with Crippen molar-refractivity contribution >= 4 is 5.69 Å². The molecule has 0 bridgehead atoms. The molecule has 0 unspecified atom stereocenters. The topological polar surface area (TPSA) is 39.7 Å². The summed E-state index contributed by atoms with van der Waals surface area (Å²) in [5, 5.41) is 3.35. The van der Waals surface area contributed by atoms with E-state index in [0.29, 0.717) is 12.8 Å². The average Bonchev–Trinajstić information content (AvgIpc) is 2.58. The molecule has 1 saturated heterocycles. The summed E-state index contributed by atoms with van der Waals surface area (Å²) in [6.45, 7) is 1.90. The van der Waals surface area contributed by atoms with Gasteiger partial charge in [-0.25, -0.2) is 0 Å². The van der Waals surface area contributed by atoms with E-state index >= 15 is 0 Å². The van der Waals surface area contributed by atoms with Crippen LogP contribution in [0.1, 0.15) is 0 Å². The van der Waals surface area contributed by atoms with Crippen molar-refractivity contribution in [2.24, 2.45) is 0 Å². The van der Waals surface area contributed by atoms with Crippen molar-refractivity contribution in [2.75, 3.05) is 25.3 Å². The van der Waals surface area contributed by atoms with E-state index in [-0.39, 0.29) is 0 Å². The van der Waals surface area contributed by atoms with Crippen molar-refractivity contribution in [2.45, 2.75) is 6.04 Å². The molecular formula is C10H11NO3. The second-order valence-corrected chi connectivity index (χ2v) is 3.45. The first-order valence-electron chi connectivity index (χ1n) is 4.66. The first-order valence-corrected chi connectivity index (χ1v) is 4.66. The Labute approximate surface area is 81.8 Å². The van der Waals surface area contributed by atoms with Crippen molar-refractivity contribution in [3.05, 3.63) is 18.2 Å². The van der Waals surface area contributed by atoms with Gasteiger partial charge in [-0.05, 0) is 12.1 Å². The third kappa shape index (κ3) is 1.28. The van der Waals surface area contributed by atoms with Crippen LogP contribution in [0.5, 0.6) is 11.5 Å². The van der Waals surface area contributed by atoms with Crippen LogP contribution in [-0.4, -0.2) is 26.0 Å². The highest BCUT2D eigenvalue weighted by Gasteiger charge is 2.19. The number of rotatable bonds is 2. The lowest BCUT2D eigenvalue weighted by Crippen LogP contribution is -2.40. The summed E-state index contributed by atoms with van der Waals surface area (Å²) in [5.74, 6) is 1.63. The van der Waals surface area contributed by atoms with Crippen LogP contribution in [0, 0.1) is 0 Å². The van der Waals surface area contributed by atoms with Gasteiger partial charge < -0.3 is 19.5 Å². The Morgan fingerprint density at radius 2 is 2.00 bits per heavy atom. The zero-order valence-electron chi connectivity index (χ0n) is 7.66. The van der Waals surface area contributed by atoms with Crippen LogP contribution in [0.3, 0.4) is 0 Å². The fourth-order valence-electron chi connectivity index (χ4n) is 1.54. The summed E-state index contributed by atoms with van der Waals surface area (Å²) in [5.41, 5.74) is 1.06. The molecule has 0 saturated carbocycles. The molecule has 0 aliphatic carbocycles. The van der Waals surface area contributed by atoms with Gasteiger partial charge in [0.2, 0.25) is 6.79 Å². The molecular weight excluding hydrogens is 182 g/mol. The SMILES string of the molecule is c1cc2c(cc1NC1COC1)OCO2. The van der Waals surface area contributed by atoms with Crippen LogP contribution in [0.15, 0.2) is 18.2 Å². The summed E-state index contributed by atoms with van der Waals surface area (Å²) in [6, 6.07) is 6.31. The minimum absolute atomic E-state index is 0.325. The third-order valence-corrected chi connectivity index (χ3v) is 2.38. The fraction of sp³-hybridized carbons (Fsp3) is 0.400. The molecule has 3 rings (SSSR count). The van der Waals surface area contributed by atoms with Crippen LogP contribution >= 0.6 is 0 Å².